The van der Waals surface area contributed by atoms with Gasteiger partial charge in [0.1, 0.15) is 0 Å². The topological polar surface area (TPSA) is 37.3 Å². The van der Waals surface area contributed by atoms with Gasteiger partial charge in [0.25, 0.3) is 0 Å². The zero-order valence-electron chi connectivity index (χ0n) is 5.24. The molecule has 0 atom stereocenters. The molecule has 3 heteroatoms. The van der Waals surface area contributed by atoms with E-state index < -0.39 is 5.97 Å². The summed E-state index contributed by atoms with van der Waals surface area (Å²) in [7, 11) is 0. The maximum Gasteiger partial charge on any atom is 0.335 e. The van der Waals surface area contributed by atoms with E-state index in [1.807, 2.05) is 0 Å². The van der Waals surface area contributed by atoms with Crippen LogP contribution in [0.1, 0.15) is 10.4 Å². The third kappa shape index (κ3) is 2.39. The van der Waals surface area contributed by atoms with E-state index in [0.717, 1.165) is 0 Å². The van der Waals surface area contributed by atoms with Crippen LogP contribution >= 0.6 is 0 Å². The molecule has 0 bridgehead atoms. The van der Waals surface area contributed by atoms with Gasteiger partial charge in [-0.3, -0.25) is 0 Å². The summed E-state index contributed by atoms with van der Waals surface area (Å²) in [5, 5.41) is 8.38. The van der Waals surface area contributed by atoms with E-state index in [4.69, 9.17) is 5.11 Å². The number of hydrogen-bond donors (Lipinski definition) is 1. The molecule has 0 aliphatic carbocycles. The molecular weight excluding hydrogens is 235 g/mol. The van der Waals surface area contributed by atoms with Crippen molar-refractivity contribution in [2.24, 2.45) is 0 Å². The predicted molar refractivity (Wildman–Crippen MR) is 39.2 cm³/mol. The Morgan fingerprint density at radius 1 is 1.20 bits per heavy atom. The summed E-state index contributed by atoms with van der Waals surface area (Å²) in [5.74, 6) is -0.879. The van der Waals surface area contributed by atoms with Crippen molar-refractivity contribution in [1.82, 2.24) is 0 Å². The summed E-state index contributed by atoms with van der Waals surface area (Å²) in [6.45, 7) is 0. The Kier molecular flexibility index (Phi) is 4.11. The van der Waals surface area contributed by atoms with Crippen molar-refractivity contribution >= 4 is 29.9 Å². The van der Waals surface area contributed by atoms with Gasteiger partial charge in [-0.25, -0.2) is 4.79 Å². The van der Waals surface area contributed by atoms with Crippen LogP contribution in [-0.4, -0.2) is 35.0 Å². The zero-order valence-corrected chi connectivity index (χ0v) is 8.10. The van der Waals surface area contributed by atoms with Crippen LogP contribution in [0.3, 0.4) is 0 Å². The predicted octanol–water partition coefficient (Wildman–Crippen LogP) is 1.00. The van der Waals surface area contributed by atoms with Crippen LogP contribution in [0.5, 0.6) is 0 Å². The number of rotatable bonds is 1. The molecule has 0 unspecified atom stereocenters. The van der Waals surface area contributed by atoms with Crippen LogP contribution in [-0.2, 0) is 0 Å². The maximum absolute atomic E-state index is 10.2. The molecule has 4 radical (unpaired) electrons. The van der Waals surface area contributed by atoms with Gasteiger partial charge in [0.2, 0.25) is 0 Å². The van der Waals surface area contributed by atoms with E-state index in [0.29, 0.717) is 5.56 Å². The first-order valence-electron chi connectivity index (χ1n) is 2.59. The Hall–Kier alpha value is -0.511. The van der Waals surface area contributed by atoms with Gasteiger partial charge in [-0.2, -0.15) is 0 Å². The average molecular weight is 241 g/mol. The molecule has 1 aromatic carbocycles. The van der Waals surface area contributed by atoms with Crippen LogP contribution < -0.4 is 0 Å². The molecule has 0 heterocycles. The Bertz CT molecular complexity index is 208. The van der Waals surface area contributed by atoms with Gasteiger partial charge in [-0.05, 0) is 12.1 Å². The van der Waals surface area contributed by atoms with E-state index >= 15 is 0 Å². The van der Waals surface area contributed by atoms with Crippen molar-refractivity contribution in [3.8, 4) is 0 Å². The van der Waals surface area contributed by atoms with Crippen molar-refractivity contribution in [2.75, 3.05) is 0 Å². The fourth-order valence-electron chi connectivity index (χ4n) is 0.581. The Labute approximate surface area is 75.8 Å². The SMILES string of the molecule is O=C(O)c1ccccc1.[Sn]. The second-order valence-electron chi connectivity index (χ2n) is 1.67. The molecule has 50 valence electrons. The molecule has 1 aromatic rings. The van der Waals surface area contributed by atoms with Gasteiger partial charge in [0.15, 0.2) is 0 Å². The Balaban J connectivity index is 0.000000810. The molecule has 2 nitrogen and oxygen atoms in total. The summed E-state index contributed by atoms with van der Waals surface area (Å²) in [6.07, 6.45) is 0. The molecular formula is C7H6O2Sn. The third-order valence-corrected chi connectivity index (χ3v) is 1.02. The normalized spacial score (nSPS) is 8.00. The van der Waals surface area contributed by atoms with Gasteiger partial charge in [-0.1, -0.05) is 18.2 Å². The quantitative estimate of drug-likeness (QED) is 0.744. The molecule has 0 aliphatic rings. The average Bonchev–Trinajstić information content (AvgIpc) is 1.90. The summed E-state index contributed by atoms with van der Waals surface area (Å²) in [5.41, 5.74) is 0.331. The van der Waals surface area contributed by atoms with Crippen molar-refractivity contribution in [2.45, 2.75) is 0 Å². The number of hydrogen-bond acceptors (Lipinski definition) is 1. The van der Waals surface area contributed by atoms with E-state index in [1.54, 1.807) is 30.3 Å². The monoisotopic (exact) mass is 242 g/mol. The van der Waals surface area contributed by atoms with Crippen molar-refractivity contribution in [1.29, 1.82) is 0 Å². The molecule has 1 rings (SSSR count). The van der Waals surface area contributed by atoms with Crippen molar-refractivity contribution in [3.05, 3.63) is 35.9 Å². The number of carboxylic acids is 1. The molecule has 0 saturated carbocycles. The van der Waals surface area contributed by atoms with Crippen LogP contribution in [0.4, 0.5) is 0 Å². The Morgan fingerprint density at radius 3 is 2.00 bits per heavy atom. The summed E-state index contributed by atoms with van der Waals surface area (Å²) in [4.78, 5) is 10.2. The largest absolute Gasteiger partial charge is 0.478 e. The molecule has 0 aliphatic heterocycles. The van der Waals surface area contributed by atoms with Crippen LogP contribution in [0, 0.1) is 0 Å². The minimum atomic E-state index is -0.879. The first kappa shape index (κ1) is 9.49. The molecule has 0 fully saturated rings. The smallest absolute Gasteiger partial charge is 0.335 e. The summed E-state index contributed by atoms with van der Waals surface area (Å²) >= 11 is 0. The molecule has 10 heavy (non-hydrogen) atoms. The van der Waals surface area contributed by atoms with Crippen LogP contribution in [0.25, 0.3) is 0 Å². The fourth-order valence-corrected chi connectivity index (χ4v) is 0.581. The Morgan fingerprint density at radius 2 is 1.70 bits per heavy atom. The standard InChI is InChI=1S/C7H6O2.Sn/c8-7(9)6-4-2-1-3-5-6;/h1-5H,(H,8,9);. The third-order valence-electron chi connectivity index (χ3n) is 1.02. The first-order chi connectivity index (χ1) is 4.30. The van der Waals surface area contributed by atoms with Crippen molar-refractivity contribution in [3.63, 3.8) is 0 Å². The van der Waals surface area contributed by atoms with Gasteiger partial charge in [0.05, 0.1) is 5.56 Å². The second-order valence-corrected chi connectivity index (χ2v) is 1.67. The maximum atomic E-state index is 10.2. The molecule has 0 aromatic heterocycles. The van der Waals surface area contributed by atoms with Gasteiger partial charge >= 0.3 is 5.97 Å². The van der Waals surface area contributed by atoms with E-state index in [2.05, 4.69) is 0 Å². The molecule has 1 N–H and O–H groups in total. The van der Waals surface area contributed by atoms with Crippen LogP contribution in [0.15, 0.2) is 30.3 Å². The van der Waals surface area contributed by atoms with E-state index in [1.165, 1.54) is 0 Å². The van der Waals surface area contributed by atoms with Crippen LogP contribution in [0.2, 0.25) is 0 Å². The summed E-state index contributed by atoms with van der Waals surface area (Å²) < 4.78 is 0. The zero-order chi connectivity index (χ0) is 6.69. The van der Waals surface area contributed by atoms with Gasteiger partial charge in [0, 0.05) is 23.9 Å². The van der Waals surface area contributed by atoms with E-state index in [9.17, 15) is 4.79 Å². The number of benzene rings is 1. The summed E-state index contributed by atoms with van der Waals surface area (Å²) in [6, 6.07) is 8.30. The number of aromatic carboxylic acids is 1. The first-order valence-corrected chi connectivity index (χ1v) is 2.59. The van der Waals surface area contributed by atoms with Gasteiger partial charge in [-0.15, -0.1) is 0 Å². The number of carbonyl (C=O) groups is 1. The molecule has 0 spiro atoms. The number of carboxylic acid groups (broad SMARTS) is 1. The van der Waals surface area contributed by atoms with E-state index in [-0.39, 0.29) is 23.9 Å². The van der Waals surface area contributed by atoms with Gasteiger partial charge < -0.3 is 5.11 Å². The molecule has 0 amide bonds. The minimum absolute atomic E-state index is 0. The fraction of sp³-hybridized carbons (Fsp3) is 0. The van der Waals surface area contributed by atoms with Crippen molar-refractivity contribution < 1.29 is 9.90 Å². The second kappa shape index (κ2) is 4.33. The minimum Gasteiger partial charge on any atom is -0.478 e. The molecule has 0 saturated heterocycles.